The molecule has 2 heterocycles. The van der Waals surface area contributed by atoms with E-state index in [0.717, 1.165) is 0 Å². The molecule has 3 aliphatic carbocycles. The van der Waals surface area contributed by atoms with Crippen LogP contribution >= 0.6 is 15.9 Å². The normalized spacial score (nSPS) is 30.5. The Hall–Kier alpha value is -1.91. The van der Waals surface area contributed by atoms with Crippen LogP contribution in [0.3, 0.4) is 0 Å². The van der Waals surface area contributed by atoms with Gasteiger partial charge < -0.3 is 10.5 Å². The minimum Gasteiger partial charge on any atom is -0.465 e. The number of aromatic nitrogens is 3. The van der Waals surface area contributed by atoms with Crippen molar-refractivity contribution in [1.82, 2.24) is 14.4 Å². The summed E-state index contributed by atoms with van der Waals surface area (Å²) >= 11 is 3.16. The summed E-state index contributed by atoms with van der Waals surface area (Å²) in [4.78, 5) is 20.3. The average molecular weight is 465 g/mol. The number of nitrogen functional groups attached to an aromatic ring is 1. The fraction of sp³-hybridized carbons (Fsp3) is 0.588. The third-order valence-electron chi connectivity index (χ3n) is 6.06. The van der Waals surface area contributed by atoms with Crippen molar-refractivity contribution in [1.29, 1.82) is 0 Å². The minimum absolute atomic E-state index is 0.0343. The zero-order valence-corrected chi connectivity index (χ0v) is 16.4. The van der Waals surface area contributed by atoms with Crippen molar-refractivity contribution in [2.75, 3.05) is 12.3 Å². The molecule has 0 spiro atoms. The number of nitrogens with two attached hydrogens (primary N) is 1. The van der Waals surface area contributed by atoms with Crippen molar-refractivity contribution < 1.29 is 27.1 Å². The molecule has 2 unspecified atom stereocenters. The van der Waals surface area contributed by atoms with E-state index in [1.54, 1.807) is 0 Å². The summed E-state index contributed by atoms with van der Waals surface area (Å²) in [5.41, 5.74) is 1.27. The fourth-order valence-electron chi connectivity index (χ4n) is 4.63. The molecule has 2 atom stereocenters. The predicted molar refractivity (Wildman–Crippen MR) is 94.2 cm³/mol. The van der Waals surface area contributed by atoms with E-state index in [0.29, 0.717) is 0 Å². The number of carbonyl (C=O) groups is 1. The Bertz CT molecular complexity index is 981. The monoisotopic (exact) mass is 464 g/mol. The third-order valence-corrected chi connectivity index (χ3v) is 6.61. The van der Waals surface area contributed by atoms with Crippen molar-refractivity contribution in [2.24, 2.45) is 5.41 Å². The molecule has 0 aromatic carbocycles. The first-order valence-electron chi connectivity index (χ1n) is 8.73. The van der Waals surface area contributed by atoms with Gasteiger partial charge >= 0.3 is 5.97 Å². The van der Waals surface area contributed by atoms with Gasteiger partial charge in [0.25, 0.3) is 11.8 Å². The van der Waals surface area contributed by atoms with Crippen molar-refractivity contribution in [3.8, 4) is 0 Å². The lowest BCUT2D eigenvalue weighted by atomic mass is 9.49. The predicted octanol–water partition coefficient (Wildman–Crippen LogP) is 3.72. The summed E-state index contributed by atoms with van der Waals surface area (Å²) in [5.74, 6) is -8.72. The number of fused-ring (bicyclic) bond motifs is 4. The van der Waals surface area contributed by atoms with Gasteiger partial charge in [0.2, 0.25) is 0 Å². The first kappa shape index (κ1) is 19.4. The molecule has 5 rings (SSSR count). The summed E-state index contributed by atoms with van der Waals surface area (Å²) in [6, 6.07) is 0. The zero-order valence-electron chi connectivity index (χ0n) is 14.8. The van der Waals surface area contributed by atoms with Gasteiger partial charge in [-0.3, -0.25) is 9.20 Å². The second kappa shape index (κ2) is 5.80. The smallest absolute Gasteiger partial charge is 0.318 e. The number of rotatable bonds is 3. The molecular weight excluding hydrogens is 448 g/mol. The standard InChI is InChI=1S/C17H17BrF4N4O2/c1-2-28-13(27)15-4-3-14(7-17(15,21)22,16(19,20)8-15)12-25-10(18)9-11(23)24-5-6-26(9)12/h5-6H,2-4,7-8H2,1H3,(H2,23,24). The minimum atomic E-state index is -3.67. The lowest BCUT2D eigenvalue weighted by molar-refractivity contribution is -0.284. The van der Waals surface area contributed by atoms with Gasteiger partial charge in [-0.1, -0.05) is 0 Å². The van der Waals surface area contributed by atoms with Crippen LogP contribution in [0.15, 0.2) is 17.0 Å². The van der Waals surface area contributed by atoms with Crippen LogP contribution in [-0.4, -0.2) is 38.8 Å². The molecule has 2 N–H and O–H groups in total. The van der Waals surface area contributed by atoms with Crippen LogP contribution in [0.2, 0.25) is 0 Å². The van der Waals surface area contributed by atoms with Crippen LogP contribution in [-0.2, 0) is 14.9 Å². The Morgan fingerprint density at radius 3 is 2.61 bits per heavy atom. The van der Waals surface area contributed by atoms with Crippen molar-refractivity contribution in [3.05, 3.63) is 22.8 Å². The van der Waals surface area contributed by atoms with Crippen LogP contribution in [0.4, 0.5) is 23.4 Å². The van der Waals surface area contributed by atoms with Gasteiger partial charge in [-0.25, -0.2) is 27.5 Å². The number of alkyl halides is 4. The van der Waals surface area contributed by atoms with Gasteiger partial charge in [0.05, 0.1) is 12.0 Å². The highest BCUT2D eigenvalue weighted by Gasteiger charge is 2.79. The quantitative estimate of drug-likeness (QED) is 0.552. The Morgan fingerprint density at radius 2 is 2.00 bits per heavy atom. The van der Waals surface area contributed by atoms with Crippen molar-refractivity contribution in [3.63, 3.8) is 0 Å². The summed E-state index contributed by atoms with van der Waals surface area (Å²) in [6.45, 7) is 1.30. The van der Waals surface area contributed by atoms with Gasteiger partial charge in [-0.05, 0) is 35.7 Å². The van der Waals surface area contributed by atoms with Crippen LogP contribution in [0.25, 0.3) is 5.52 Å². The maximum Gasteiger partial charge on any atom is 0.318 e. The molecular formula is C17H17BrF4N4O2. The maximum atomic E-state index is 15.4. The van der Waals surface area contributed by atoms with E-state index in [4.69, 9.17) is 10.5 Å². The van der Waals surface area contributed by atoms with Crippen LogP contribution < -0.4 is 5.73 Å². The number of nitrogens with zero attached hydrogens (tertiary/aromatic N) is 3. The largest absolute Gasteiger partial charge is 0.465 e. The van der Waals surface area contributed by atoms with E-state index in [2.05, 4.69) is 25.9 Å². The second-order valence-corrected chi connectivity index (χ2v) is 8.16. The summed E-state index contributed by atoms with van der Waals surface area (Å²) in [7, 11) is 0. The number of imidazole rings is 1. The maximum absolute atomic E-state index is 15.4. The molecule has 152 valence electrons. The highest BCUT2D eigenvalue weighted by molar-refractivity contribution is 9.10. The SMILES string of the molecule is CCOC(=O)C12CCC(c3nc(Br)c4c(N)nccn34)(CC1(F)F)C(F)(F)C2. The van der Waals surface area contributed by atoms with E-state index >= 15 is 17.6 Å². The molecule has 2 aromatic rings. The number of hydrogen-bond donors (Lipinski definition) is 1. The number of carbonyl (C=O) groups excluding carboxylic acids is 1. The lowest BCUT2D eigenvalue weighted by Gasteiger charge is -2.58. The first-order chi connectivity index (χ1) is 13.0. The number of anilines is 1. The van der Waals surface area contributed by atoms with E-state index < -0.39 is 47.9 Å². The van der Waals surface area contributed by atoms with E-state index in [1.807, 2.05) is 0 Å². The molecule has 11 heteroatoms. The summed E-state index contributed by atoms with van der Waals surface area (Å²) in [5, 5.41) is 0. The molecule has 28 heavy (non-hydrogen) atoms. The molecule has 6 nitrogen and oxygen atoms in total. The van der Waals surface area contributed by atoms with E-state index in [-0.39, 0.29) is 34.8 Å². The summed E-state index contributed by atoms with van der Waals surface area (Å²) < 4.78 is 67.3. The van der Waals surface area contributed by atoms with Crippen molar-refractivity contribution >= 4 is 33.2 Å². The molecule has 2 aromatic heterocycles. The summed E-state index contributed by atoms with van der Waals surface area (Å²) in [6.07, 6.45) is -0.590. The number of hydrogen-bond acceptors (Lipinski definition) is 5. The molecule has 3 aliphatic rings. The number of esters is 1. The van der Waals surface area contributed by atoms with E-state index in [9.17, 15) is 4.79 Å². The molecule has 3 saturated carbocycles. The number of halogens is 5. The van der Waals surface area contributed by atoms with Crippen LogP contribution in [0, 0.1) is 5.41 Å². The van der Waals surface area contributed by atoms with Gasteiger partial charge in [0, 0.05) is 25.2 Å². The number of ether oxygens (including phenoxy) is 1. The van der Waals surface area contributed by atoms with Crippen LogP contribution in [0.1, 0.15) is 38.4 Å². The van der Waals surface area contributed by atoms with Crippen LogP contribution in [0.5, 0.6) is 0 Å². The third kappa shape index (κ3) is 2.22. The van der Waals surface area contributed by atoms with Crippen molar-refractivity contribution in [2.45, 2.75) is 49.9 Å². The molecule has 0 saturated heterocycles. The van der Waals surface area contributed by atoms with Gasteiger partial charge in [-0.15, -0.1) is 0 Å². The zero-order chi connectivity index (χ0) is 20.5. The average Bonchev–Trinajstić information content (AvgIpc) is 2.94. The highest BCUT2D eigenvalue weighted by Crippen LogP contribution is 2.69. The Balaban J connectivity index is 1.91. The Kier molecular flexibility index (Phi) is 4.02. The van der Waals surface area contributed by atoms with Gasteiger partial charge in [-0.2, -0.15) is 0 Å². The molecule has 0 amide bonds. The molecule has 2 bridgehead atoms. The fourth-order valence-corrected chi connectivity index (χ4v) is 5.19. The van der Waals surface area contributed by atoms with E-state index in [1.165, 1.54) is 23.7 Å². The highest BCUT2D eigenvalue weighted by atomic mass is 79.9. The Labute approximate surface area is 165 Å². The molecule has 3 fully saturated rings. The second-order valence-electron chi connectivity index (χ2n) is 7.40. The van der Waals surface area contributed by atoms with Gasteiger partial charge in [0.1, 0.15) is 21.4 Å². The lowest BCUT2D eigenvalue weighted by Crippen LogP contribution is -2.69. The van der Waals surface area contributed by atoms with Gasteiger partial charge in [0.15, 0.2) is 5.82 Å². The first-order valence-corrected chi connectivity index (χ1v) is 9.52. The Morgan fingerprint density at radius 1 is 1.29 bits per heavy atom. The topological polar surface area (TPSA) is 82.5 Å². The molecule has 0 aliphatic heterocycles. The molecule has 0 radical (unpaired) electrons.